The summed E-state index contributed by atoms with van der Waals surface area (Å²) < 4.78 is 10.4. The molecule has 130 valence electrons. The molecule has 1 aliphatic rings. The Balaban J connectivity index is 1.54. The number of hydrogen-bond acceptors (Lipinski definition) is 4. The molecule has 2 aromatic carbocycles. The van der Waals surface area contributed by atoms with Gasteiger partial charge in [0.25, 0.3) is 5.91 Å². The van der Waals surface area contributed by atoms with Crippen molar-refractivity contribution in [3.8, 4) is 11.5 Å². The molecule has 2 amide bonds. The first kappa shape index (κ1) is 17.1. The van der Waals surface area contributed by atoms with Gasteiger partial charge in [-0.15, -0.1) is 0 Å². The van der Waals surface area contributed by atoms with Gasteiger partial charge in [-0.3, -0.25) is 9.59 Å². The summed E-state index contributed by atoms with van der Waals surface area (Å²) in [5.74, 6) is 0.564. The summed E-state index contributed by atoms with van der Waals surface area (Å²) in [5, 5.41) is 3.21. The number of carbonyl (C=O) groups is 2. The molecule has 0 atom stereocenters. The van der Waals surface area contributed by atoms with Gasteiger partial charge < -0.3 is 19.7 Å². The SMILES string of the molecule is CN(Cc1ccccc1Cl)C(=O)CNC(=O)c1ccc2c(c1)OCO2. The maximum Gasteiger partial charge on any atom is 0.251 e. The monoisotopic (exact) mass is 360 g/mol. The average molecular weight is 361 g/mol. The van der Waals surface area contributed by atoms with Crippen molar-refractivity contribution >= 4 is 23.4 Å². The van der Waals surface area contributed by atoms with Crippen molar-refractivity contribution in [3.63, 3.8) is 0 Å². The lowest BCUT2D eigenvalue weighted by molar-refractivity contribution is -0.129. The number of hydrogen-bond donors (Lipinski definition) is 1. The predicted molar refractivity (Wildman–Crippen MR) is 92.8 cm³/mol. The van der Waals surface area contributed by atoms with Gasteiger partial charge >= 0.3 is 0 Å². The Morgan fingerprint density at radius 1 is 1.16 bits per heavy atom. The Bertz CT molecular complexity index is 809. The van der Waals surface area contributed by atoms with Gasteiger partial charge in [-0.05, 0) is 29.8 Å². The van der Waals surface area contributed by atoms with E-state index in [1.807, 2.05) is 18.2 Å². The first-order chi connectivity index (χ1) is 12.0. The molecule has 1 N–H and O–H groups in total. The minimum absolute atomic E-state index is 0.103. The number of fused-ring (bicyclic) bond motifs is 1. The molecule has 1 aliphatic heterocycles. The smallest absolute Gasteiger partial charge is 0.251 e. The molecule has 0 aliphatic carbocycles. The number of likely N-dealkylation sites (N-methyl/N-ethyl adjacent to an activating group) is 1. The predicted octanol–water partition coefficient (Wildman–Crippen LogP) is 2.46. The van der Waals surface area contributed by atoms with Crippen LogP contribution in [-0.2, 0) is 11.3 Å². The second kappa shape index (κ2) is 7.44. The summed E-state index contributed by atoms with van der Waals surface area (Å²) in [6.07, 6.45) is 0. The highest BCUT2D eigenvalue weighted by molar-refractivity contribution is 6.31. The molecular formula is C18H17ClN2O4. The van der Waals surface area contributed by atoms with Crippen LogP contribution in [-0.4, -0.2) is 37.1 Å². The zero-order valence-corrected chi connectivity index (χ0v) is 14.4. The van der Waals surface area contributed by atoms with Crippen molar-refractivity contribution in [3.05, 3.63) is 58.6 Å². The van der Waals surface area contributed by atoms with E-state index in [0.29, 0.717) is 28.6 Å². The molecule has 25 heavy (non-hydrogen) atoms. The maximum absolute atomic E-state index is 12.2. The fourth-order valence-electron chi connectivity index (χ4n) is 2.40. The molecule has 2 aromatic rings. The van der Waals surface area contributed by atoms with Crippen LogP contribution < -0.4 is 14.8 Å². The third-order valence-corrected chi connectivity index (χ3v) is 4.19. The Kier molecular flexibility index (Phi) is 5.09. The zero-order valence-electron chi connectivity index (χ0n) is 13.6. The molecule has 0 bridgehead atoms. The van der Waals surface area contributed by atoms with E-state index < -0.39 is 0 Å². The van der Waals surface area contributed by atoms with Crippen molar-refractivity contribution in [2.24, 2.45) is 0 Å². The maximum atomic E-state index is 12.2. The fourth-order valence-corrected chi connectivity index (χ4v) is 2.60. The molecule has 0 saturated carbocycles. The van der Waals surface area contributed by atoms with Gasteiger partial charge in [-0.2, -0.15) is 0 Å². The summed E-state index contributed by atoms with van der Waals surface area (Å²) in [5.41, 5.74) is 1.26. The first-order valence-electron chi connectivity index (χ1n) is 7.70. The lowest BCUT2D eigenvalue weighted by Gasteiger charge is -2.18. The summed E-state index contributed by atoms with van der Waals surface area (Å²) >= 11 is 6.10. The number of carbonyl (C=O) groups excluding carboxylic acids is 2. The molecule has 0 aromatic heterocycles. The van der Waals surface area contributed by atoms with E-state index >= 15 is 0 Å². The van der Waals surface area contributed by atoms with Gasteiger partial charge in [0, 0.05) is 24.2 Å². The van der Waals surface area contributed by atoms with Crippen LogP contribution in [0.4, 0.5) is 0 Å². The van der Waals surface area contributed by atoms with Gasteiger partial charge in [0.2, 0.25) is 12.7 Å². The standard InChI is InChI=1S/C18H17ClN2O4/c1-21(10-13-4-2-3-5-14(13)19)17(22)9-20-18(23)12-6-7-15-16(8-12)25-11-24-15/h2-8H,9-11H2,1H3,(H,20,23). The third kappa shape index (κ3) is 4.03. The van der Waals surface area contributed by atoms with Crippen LogP contribution in [0.15, 0.2) is 42.5 Å². The van der Waals surface area contributed by atoms with E-state index in [9.17, 15) is 9.59 Å². The highest BCUT2D eigenvalue weighted by Crippen LogP contribution is 2.32. The lowest BCUT2D eigenvalue weighted by Crippen LogP contribution is -2.37. The molecular weight excluding hydrogens is 344 g/mol. The van der Waals surface area contributed by atoms with Crippen molar-refractivity contribution in [1.82, 2.24) is 10.2 Å². The minimum atomic E-state index is -0.349. The number of benzene rings is 2. The Hall–Kier alpha value is -2.73. The topological polar surface area (TPSA) is 67.9 Å². The Labute approximate surface area is 150 Å². The van der Waals surface area contributed by atoms with Crippen molar-refractivity contribution in [1.29, 1.82) is 0 Å². The highest BCUT2D eigenvalue weighted by atomic mass is 35.5. The molecule has 0 fully saturated rings. The molecule has 3 rings (SSSR count). The lowest BCUT2D eigenvalue weighted by atomic mass is 10.2. The van der Waals surface area contributed by atoms with Gasteiger partial charge in [-0.1, -0.05) is 29.8 Å². The summed E-state index contributed by atoms with van der Waals surface area (Å²) in [6.45, 7) is 0.415. The number of amides is 2. The van der Waals surface area contributed by atoms with Crippen molar-refractivity contribution < 1.29 is 19.1 Å². The molecule has 7 heteroatoms. The normalized spacial score (nSPS) is 11.9. The minimum Gasteiger partial charge on any atom is -0.454 e. The van der Waals surface area contributed by atoms with E-state index in [1.165, 1.54) is 4.90 Å². The Morgan fingerprint density at radius 2 is 1.92 bits per heavy atom. The highest BCUT2D eigenvalue weighted by Gasteiger charge is 2.17. The molecule has 6 nitrogen and oxygen atoms in total. The largest absolute Gasteiger partial charge is 0.454 e. The molecule has 1 heterocycles. The van der Waals surface area contributed by atoms with E-state index in [2.05, 4.69) is 5.32 Å². The quantitative estimate of drug-likeness (QED) is 0.889. The average Bonchev–Trinajstić information content (AvgIpc) is 3.08. The number of ether oxygens (including phenoxy) is 2. The third-order valence-electron chi connectivity index (χ3n) is 3.83. The van der Waals surface area contributed by atoms with Crippen molar-refractivity contribution in [2.75, 3.05) is 20.4 Å². The van der Waals surface area contributed by atoms with Crippen LogP contribution in [0.3, 0.4) is 0 Å². The van der Waals surface area contributed by atoms with Gasteiger partial charge in [0.15, 0.2) is 11.5 Å². The van der Waals surface area contributed by atoms with Gasteiger partial charge in [0.05, 0.1) is 6.54 Å². The van der Waals surface area contributed by atoms with E-state index in [1.54, 1.807) is 31.3 Å². The second-order valence-electron chi connectivity index (χ2n) is 5.59. The second-order valence-corrected chi connectivity index (χ2v) is 6.00. The van der Waals surface area contributed by atoms with Gasteiger partial charge in [0.1, 0.15) is 0 Å². The van der Waals surface area contributed by atoms with E-state index in [0.717, 1.165) is 5.56 Å². The van der Waals surface area contributed by atoms with Crippen LogP contribution in [0.1, 0.15) is 15.9 Å². The van der Waals surface area contributed by atoms with Crippen LogP contribution in [0.5, 0.6) is 11.5 Å². The number of nitrogens with zero attached hydrogens (tertiary/aromatic N) is 1. The molecule has 0 radical (unpaired) electrons. The van der Waals surface area contributed by atoms with Crippen molar-refractivity contribution in [2.45, 2.75) is 6.54 Å². The molecule has 0 unspecified atom stereocenters. The Morgan fingerprint density at radius 3 is 2.72 bits per heavy atom. The van der Waals surface area contributed by atoms with Crippen LogP contribution in [0.2, 0.25) is 5.02 Å². The van der Waals surface area contributed by atoms with Gasteiger partial charge in [-0.25, -0.2) is 0 Å². The molecule has 0 spiro atoms. The van der Waals surface area contributed by atoms with E-state index in [-0.39, 0.29) is 25.2 Å². The molecule has 0 saturated heterocycles. The number of rotatable bonds is 5. The number of halogens is 1. The zero-order chi connectivity index (χ0) is 17.8. The fraction of sp³-hybridized carbons (Fsp3) is 0.222. The summed E-state index contributed by atoms with van der Waals surface area (Å²) in [6, 6.07) is 12.2. The van der Waals surface area contributed by atoms with E-state index in [4.69, 9.17) is 21.1 Å². The van der Waals surface area contributed by atoms with Crippen LogP contribution in [0, 0.1) is 0 Å². The number of nitrogens with one attached hydrogen (secondary N) is 1. The summed E-state index contributed by atoms with van der Waals surface area (Å²) in [4.78, 5) is 25.9. The summed E-state index contributed by atoms with van der Waals surface area (Å²) in [7, 11) is 1.67. The van der Waals surface area contributed by atoms with Crippen LogP contribution >= 0.6 is 11.6 Å². The first-order valence-corrected chi connectivity index (χ1v) is 8.07. The van der Waals surface area contributed by atoms with Crippen LogP contribution in [0.25, 0.3) is 0 Å².